The quantitative estimate of drug-likeness (QED) is 0.624. The minimum atomic E-state index is -3.40. The standard InChI is InChI=1S/C19H24N4O2S/c20-19(22-17-7-3-1-4-8-17)21-15-16-11-13-23(14-12-16)26(24,25)18-9-5-2-6-10-18/h1-10,16H,11-15H2,(H3,20,21,22). The molecule has 0 bridgehead atoms. The summed E-state index contributed by atoms with van der Waals surface area (Å²) in [7, 11) is -3.40. The van der Waals surface area contributed by atoms with Crippen LogP contribution in [0.15, 0.2) is 70.6 Å². The van der Waals surface area contributed by atoms with Crippen LogP contribution in [0.5, 0.6) is 0 Å². The Labute approximate surface area is 154 Å². The molecule has 7 heteroatoms. The van der Waals surface area contributed by atoms with Crippen LogP contribution in [0.4, 0.5) is 5.69 Å². The van der Waals surface area contributed by atoms with Gasteiger partial charge < -0.3 is 11.1 Å². The summed E-state index contributed by atoms with van der Waals surface area (Å²) in [4.78, 5) is 4.76. The lowest BCUT2D eigenvalue weighted by atomic mass is 9.98. The summed E-state index contributed by atoms with van der Waals surface area (Å²) in [6.45, 7) is 1.64. The summed E-state index contributed by atoms with van der Waals surface area (Å²) in [5.41, 5.74) is 6.83. The van der Waals surface area contributed by atoms with E-state index < -0.39 is 10.0 Å². The van der Waals surface area contributed by atoms with Crippen molar-refractivity contribution >= 4 is 21.7 Å². The van der Waals surface area contributed by atoms with Gasteiger partial charge in [-0.25, -0.2) is 8.42 Å². The van der Waals surface area contributed by atoms with Gasteiger partial charge in [-0.15, -0.1) is 0 Å². The normalized spacial score (nSPS) is 17.2. The lowest BCUT2D eigenvalue weighted by molar-refractivity contribution is 0.279. The molecule has 1 heterocycles. The molecule has 0 spiro atoms. The van der Waals surface area contributed by atoms with E-state index in [4.69, 9.17) is 5.73 Å². The third-order valence-corrected chi connectivity index (χ3v) is 6.43. The van der Waals surface area contributed by atoms with Crippen molar-refractivity contribution in [1.82, 2.24) is 4.31 Å². The maximum Gasteiger partial charge on any atom is 0.243 e. The van der Waals surface area contributed by atoms with Gasteiger partial charge in [0.1, 0.15) is 0 Å². The molecule has 0 saturated carbocycles. The SMILES string of the molecule is NC(=NCC1CCN(S(=O)(=O)c2ccccc2)CC1)Nc1ccccc1. The van der Waals surface area contributed by atoms with Crippen molar-refractivity contribution in [2.24, 2.45) is 16.6 Å². The van der Waals surface area contributed by atoms with Gasteiger partial charge in [-0.3, -0.25) is 4.99 Å². The molecule has 2 aromatic carbocycles. The van der Waals surface area contributed by atoms with Gasteiger partial charge in [0.2, 0.25) is 10.0 Å². The fraction of sp³-hybridized carbons (Fsp3) is 0.316. The van der Waals surface area contributed by atoms with Crippen molar-refractivity contribution in [2.75, 3.05) is 25.0 Å². The highest BCUT2D eigenvalue weighted by Crippen LogP contribution is 2.23. The van der Waals surface area contributed by atoms with Gasteiger partial charge in [-0.2, -0.15) is 4.31 Å². The van der Waals surface area contributed by atoms with E-state index >= 15 is 0 Å². The monoisotopic (exact) mass is 372 g/mol. The average molecular weight is 372 g/mol. The number of nitrogens with zero attached hydrogens (tertiary/aromatic N) is 2. The zero-order valence-corrected chi connectivity index (χ0v) is 15.4. The summed E-state index contributed by atoms with van der Waals surface area (Å²) in [5.74, 6) is 0.726. The van der Waals surface area contributed by atoms with Crippen LogP contribution in [0.2, 0.25) is 0 Å². The number of hydrogen-bond acceptors (Lipinski definition) is 3. The zero-order chi connectivity index (χ0) is 18.4. The highest BCUT2D eigenvalue weighted by atomic mass is 32.2. The molecule has 0 unspecified atom stereocenters. The van der Waals surface area contributed by atoms with Gasteiger partial charge in [-0.05, 0) is 43.0 Å². The van der Waals surface area contributed by atoms with Crippen molar-refractivity contribution in [3.8, 4) is 0 Å². The molecule has 3 rings (SSSR count). The van der Waals surface area contributed by atoms with Gasteiger partial charge in [0.05, 0.1) is 4.90 Å². The van der Waals surface area contributed by atoms with E-state index in [9.17, 15) is 8.42 Å². The van der Waals surface area contributed by atoms with Crippen LogP contribution in [-0.2, 0) is 10.0 Å². The second-order valence-electron chi connectivity index (χ2n) is 6.38. The Morgan fingerprint density at radius 3 is 2.23 bits per heavy atom. The number of benzene rings is 2. The Morgan fingerprint density at radius 2 is 1.62 bits per heavy atom. The number of rotatable bonds is 5. The van der Waals surface area contributed by atoms with Gasteiger partial charge in [0, 0.05) is 25.3 Å². The third-order valence-electron chi connectivity index (χ3n) is 4.52. The highest BCUT2D eigenvalue weighted by Gasteiger charge is 2.29. The molecule has 0 aromatic heterocycles. The Balaban J connectivity index is 1.52. The maximum atomic E-state index is 12.6. The number of hydrogen-bond donors (Lipinski definition) is 2. The summed E-state index contributed by atoms with van der Waals surface area (Å²) < 4.78 is 26.8. The van der Waals surface area contributed by atoms with Crippen LogP contribution < -0.4 is 11.1 Å². The summed E-state index contributed by atoms with van der Waals surface area (Å²) >= 11 is 0. The minimum absolute atomic E-state index is 0.341. The lowest BCUT2D eigenvalue weighted by Gasteiger charge is -2.30. The van der Waals surface area contributed by atoms with Crippen LogP contribution in [0.1, 0.15) is 12.8 Å². The molecular weight excluding hydrogens is 348 g/mol. The van der Waals surface area contributed by atoms with Crippen molar-refractivity contribution < 1.29 is 8.42 Å². The van der Waals surface area contributed by atoms with Crippen LogP contribution in [-0.4, -0.2) is 38.3 Å². The molecule has 0 aliphatic carbocycles. The zero-order valence-electron chi connectivity index (χ0n) is 14.6. The van der Waals surface area contributed by atoms with E-state index in [0.29, 0.717) is 36.4 Å². The topological polar surface area (TPSA) is 87.8 Å². The molecular formula is C19H24N4O2S. The number of sulfonamides is 1. The van der Waals surface area contributed by atoms with Crippen LogP contribution in [0.3, 0.4) is 0 Å². The van der Waals surface area contributed by atoms with Crippen molar-refractivity contribution in [1.29, 1.82) is 0 Å². The molecule has 2 aromatic rings. The fourth-order valence-corrected chi connectivity index (χ4v) is 4.50. The second kappa shape index (κ2) is 8.33. The second-order valence-corrected chi connectivity index (χ2v) is 8.32. The Morgan fingerprint density at radius 1 is 1.04 bits per heavy atom. The fourth-order valence-electron chi connectivity index (χ4n) is 3.01. The molecule has 138 valence electrons. The summed E-state index contributed by atoms with van der Waals surface area (Å²) in [5, 5.41) is 3.06. The van der Waals surface area contributed by atoms with E-state index in [1.54, 1.807) is 28.6 Å². The Bertz CT molecular complexity index is 830. The first-order chi connectivity index (χ1) is 12.6. The predicted molar refractivity (Wildman–Crippen MR) is 104 cm³/mol. The number of piperidine rings is 1. The first-order valence-electron chi connectivity index (χ1n) is 8.73. The molecule has 1 saturated heterocycles. The van der Waals surface area contributed by atoms with Crippen LogP contribution >= 0.6 is 0 Å². The van der Waals surface area contributed by atoms with Gasteiger partial charge in [-0.1, -0.05) is 36.4 Å². The van der Waals surface area contributed by atoms with E-state index in [-0.39, 0.29) is 0 Å². The first-order valence-corrected chi connectivity index (χ1v) is 10.2. The molecule has 0 radical (unpaired) electrons. The van der Waals surface area contributed by atoms with Crippen molar-refractivity contribution in [3.05, 3.63) is 60.7 Å². The molecule has 0 atom stereocenters. The molecule has 0 amide bonds. The van der Waals surface area contributed by atoms with Gasteiger partial charge in [0.25, 0.3) is 0 Å². The molecule has 6 nitrogen and oxygen atoms in total. The summed E-state index contributed by atoms with van der Waals surface area (Å²) in [6.07, 6.45) is 1.57. The van der Waals surface area contributed by atoms with E-state index in [1.807, 2.05) is 36.4 Å². The van der Waals surface area contributed by atoms with Gasteiger partial charge in [0.15, 0.2) is 5.96 Å². The Kier molecular flexibility index (Phi) is 5.90. The third kappa shape index (κ3) is 4.62. The number of anilines is 1. The van der Waals surface area contributed by atoms with Crippen molar-refractivity contribution in [3.63, 3.8) is 0 Å². The smallest absolute Gasteiger partial charge is 0.243 e. The first kappa shape index (κ1) is 18.4. The summed E-state index contributed by atoms with van der Waals surface area (Å²) in [6, 6.07) is 18.2. The largest absolute Gasteiger partial charge is 0.370 e. The molecule has 26 heavy (non-hydrogen) atoms. The van der Waals surface area contributed by atoms with E-state index in [2.05, 4.69) is 10.3 Å². The highest BCUT2D eigenvalue weighted by molar-refractivity contribution is 7.89. The molecule has 1 aliphatic rings. The van der Waals surface area contributed by atoms with Crippen LogP contribution in [0, 0.1) is 5.92 Å². The number of nitrogens with one attached hydrogen (secondary N) is 1. The number of guanidine groups is 1. The van der Waals surface area contributed by atoms with Crippen LogP contribution in [0.25, 0.3) is 0 Å². The number of para-hydroxylation sites is 1. The van der Waals surface area contributed by atoms with Gasteiger partial charge >= 0.3 is 0 Å². The van der Waals surface area contributed by atoms with E-state index in [1.165, 1.54) is 0 Å². The number of aliphatic imine (C=N–C) groups is 1. The minimum Gasteiger partial charge on any atom is -0.370 e. The predicted octanol–water partition coefficient (Wildman–Crippen LogP) is 2.51. The van der Waals surface area contributed by atoms with Crippen molar-refractivity contribution in [2.45, 2.75) is 17.7 Å². The lowest BCUT2D eigenvalue weighted by Crippen LogP contribution is -2.39. The molecule has 1 aliphatic heterocycles. The average Bonchev–Trinajstić information content (AvgIpc) is 2.68. The number of nitrogens with two attached hydrogens (primary N) is 1. The maximum absolute atomic E-state index is 12.6. The van der Waals surface area contributed by atoms with E-state index in [0.717, 1.165) is 18.5 Å². The molecule has 3 N–H and O–H groups in total. The molecule has 1 fully saturated rings. The Hall–Kier alpha value is -2.38.